The first-order valence-electron chi connectivity index (χ1n) is 9.88. The van der Waals surface area contributed by atoms with Crippen LogP contribution in [0.4, 0.5) is 0 Å². The molecule has 1 amide bonds. The molecule has 3 rings (SSSR count). The van der Waals surface area contributed by atoms with E-state index in [1.165, 1.54) is 0 Å². The van der Waals surface area contributed by atoms with Crippen molar-refractivity contribution >= 4 is 17.8 Å². The predicted octanol–water partition coefficient (Wildman–Crippen LogP) is 3.46. The Hall–Kier alpha value is -3.93. The lowest BCUT2D eigenvalue weighted by Crippen LogP contribution is -2.52. The average Bonchev–Trinajstić information content (AvgIpc) is 2.79. The van der Waals surface area contributed by atoms with Crippen molar-refractivity contribution < 1.29 is 24.6 Å². The molecule has 3 aromatic rings. The van der Waals surface area contributed by atoms with Crippen LogP contribution in [0.25, 0.3) is 0 Å². The van der Waals surface area contributed by atoms with E-state index >= 15 is 0 Å². The van der Waals surface area contributed by atoms with Gasteiger partial charge in [0.15, 0.2) is 0 Å². The molecule has 3 N–H and O–H groups in total. The number of rotatable bonds is 9. The van der Waals surface area contributed by atoms with Crippen LogP contribution < -0.4 is 5.32 Å². The minimum absolute atomic E-state index is 0.217. The highest BCUT2D eigenvalue weighted by Crippen LogP contribution is 2.39. The van der Waals surface area contributed by atoms with Crippen molar-refractivity contribution in [3.8, 4) is 0 Å². The van der Waals surface area contributed by atoms with E-state index in [0.29, 0.717) is 16.7 Å². The number of carboxylic acid groups (broad SMARTS) is 2. The van der Waals surface area contributed by atoms with Gasteiger partial charge in [0, 0.05) is 6.42 Å². The summed E-state index contributed by atoms with van der Waals surface area (Å²) in [6.45, 7) is 0. The third-order valence-electron chi connectivity index (χ3n) is 5.21. The summed E-state index contributed by atoms with van der Waals surface area (Å²) in [6, 6.07) is 26.1. The van der Waals surface area contributed by atoms with Gasteiger partial charge in [-0.25, -0.2) is 4.79 Å². The summed E-state index contributed by atoms with van der Waals surface area (Å²) in [4.78, 5) is 36.6. The van der Waals surface area contributed by atoms with Gasteiger partial charge in [-0.05, 0) is 23.1 Å². The Balaban J connectivity index is 2.18. The highest BCUT2D eigenvalue weighted by Gasteiger charge is 2.44. The number of hydrogen-bond acceptors (Lipinski definition) is 3. The fourth-order valence-electron chi connectivity index (χ4n) is 3.75. The highest BCUT2D eigenvalue weighted by atomic mass is 16.4. The zero-order valence-electron chi connectivity index (χ0n) is 16.8. The molecule has 0 bridgehead atoms. The SMILES string of the molecule is O=C(O)CC[C@@H](NC(=O)C(c1ccccc1)(c1ccccc1)c1ccccc1)C(=O)O. The van der Waals surface area contributed by atoms with Crippen molar-refractivity contribution in [3.63, 3.8) is 0 Å². The summed E-state index contributed by atoms with van der Waals surface area (Å²) < 4.78 is 0. The fraction of sp³-hybridized carbons (Fsp3) is 0.160. The Morgan fingerprint density at radius 2 is 1.10 bits per heavy atom. The first-order chi connectivity index (χ1) is 15.0. The second-order valence-corrected chi connectivity index (χ2v) is 7.14. The van der Waals surface area contributed by atoms with Crippen molar-refractivity contribution in [2.24, 2.45) is 0 Å². The maximum absolute atomic E-state index is 13.9. The smallest absolute Gasteiger partial charge is 0.326 e. The monoisotopic (exact) mass is 417 g/mol. The van der Waals surface area contributed by atoms with Crippen molar-refractivity contribution in [2.75, 3.05) is 0 Å². The third kappa shape index (κ3) is 4.64. The molecule has 0 unspecified atom stereocenters. The first-order valence-corrected chi connectivity index (χ1v) is 9.88. The van der Waals surface area contributed by atoms with Crippen LogP contribution in [0.5, 0.6) is 0 Å². The molecule has 0 saturated heterocycles. The molecule has 0 saturated carbocycles. The molecule has 0 aromatic heterocycles. The average molecular weight is 417 g/mol. The second-order valence-electron chi connectivity index (χ2n) is 7.14. The summed E-state index contributed by atoms with van der Waals surface area (Å²) in [5, 5.41) is 21.2. The number of carboxylic acids is 2. The lowest BCUT2D eigenvalue weighted by Gasteiger charge is -2.35. The van der Waals surface area contributed by atoms with Gasteiger partial charge >= 0.3 is 11.9 Å². The summed E-state index contributed by atoms with van der Waals surface area (Å²) in [7, 11) is 0. The van der Waals surface area contributed by atoms with E-state index in [-0.39, 0.29) is 12.8 Å². The zero-order valence-corrected chi connectivity index (χ0v) is 16.8. The predicted molar refractivity (Wildman–Crippen MR) is 116 cm³/mol. The van der Waals surface area contributed by atoms with E-state index in [1.54, 1.807) is 0 Å². The number of benzene rings is 3. The van der Waals surface area contributed by atoms with Crippen LogP contribution >= 0.6 is 0 Å². The summed E-state index contributed by atoms with van der Waals surface area (Å²) in [5.41, 5.74) is 0.701. The van der Waals surface area contributed by atoms with Gasteiger partial charge in [-0.2, -0.15) is 0 Å². The zero-order chi connectivity index (χ0) is 22.3. The quantitative estimate of drug-likeness (QED) is 0.463. The van der Waals surface area contributed by atoms with Crippen molar-refractivity contribution in [2.45, 2.75) is 24.3 Å². The number of hydrogen-bond donors (Lipinski definition) is 3. The van der Waals surface area contributed by atoms with Gasteiger partial charge in [0.1, 0.15) is 11.5 Å². The molecule has 1 atom stereocenters. The topological polar surface area (TPSA) is 104 Å². The normalized spacial score (nSPS) is 12.0. The number of amides is 1. The van der Waals surface area contributed by atoms with E-state index in [0.717, 1.165) is 0 Å². The van der Waals surface area contributed by atoms with E-state index in [1.807, 2.05) is 91.0 Å². The molecule has 3 aromatic carbocycles. The molecule has 0 aliphatic heterocycles. The molecule has 0 fully saturated rings. The van der Waals surface area contributed by atoms with Crippen molar-refractivity contribution in [1.82, 2.24) is 5.32 Å². The summed E-state index contributed by atoms with van der Waals surface area (Å²) in [6.07, 6.45) is -0.586. The third-order valence-corrected chi connectivity index (χ3v) is 5.21. The first kappa shape index (κ1) is 21.8. The Labute approximate surface area is 180 Å². The minimum Gasteiger partial charge on any atom is -0.481 e. The van der Waals surface area contributed by atoms with Crippen LogP contribution in [0.15, 0.2) is 91.0 Å². The molecule has 0 radical (unpaired) electrons. The van der Waals surface area contributed by atoms with Gasteiger partial charge in [0.05, 0.1) is 0 Å². The molecule has 158 valence electrons. The number of carbonyl (C=O) groups is 3. The molecular weight excluding hydrogens is 394 g/mol. The Kier molecular flexibility index (Phi) is 6.82. The molecular formula is C25H23NO5. The molecule has 6 nitrogen and oxygen atoms in total. The van der Waals surface area contributed by atoms with Crippen LogP contribution in [0.1, 0.15) is 29.5 Å². The fourth-order valence-corrected chi connectivity index (χ4v) is 3.75. The maximum atomic E-state index is 13.9. The number of carbonyl (C=O) groups excluding carboxylic acids is 1. The van der Waals surface area contributed by atoms with E-state index in [9.17, 15) is 19.5 Å². The van der Waals surface area contributed by atoms with Crippen LogP contribution in [-0.4, -0.2) is 34.1 Å². The van der Waals surface area contributed by atoms with E-state index in [4.69, 9.17) is 5.11 Å². The molecule has 6 heteroatoms. The summed E-state index contributed by atoms with van der Waals surface area (Å²) in [5.74, 6) is -2.94. The number of aliphatic carboxylic acids is 2. The van der Waals surface area contributed by atoms with E-state index < -0.39 is 29.3 Å². The van der Waals surface area contributed by atoms with E-state index in [2.05, 4.69) is 5.32 Å². The van der Waals surface area contributed by atoms with Crippen LogP contribution in [0.3, 0.4) is 0 Å². The van der Waals surface area contributed by atoms with Gasteiger partial charge < -0.3 is 15.5 Å². The Morgan fingerprint density at radius 3 is 1.42 bits per heavy atom. The minimum atomic E-state index is -1.33. The van der Waals surface area contributed by atoms with Crippen LogP contribution in [0.2, 0.25) is 0 Å². The van der Waals surface area contributed by atoms with Gasteiger partial charge in [-0.3, -0.25) is 9.59 Å². The molecule has 0 spiro atoms. The standard InChI is InChI=1S/C25H23NO5/c27-22(28)17-16-21(23(29)30)26-24(31)25(18-10-4-1-5-11-18,19-12-6-2-7-13-19)20-14-8-3-9-15-20/h1-15,21H,16-17H2,(H,26,31)(H,27,28)(H,29,30)/t21-/m1/s1. The van der Waals surface area contributed by atoms with Crippen LogP contribution in [-0.2, 0) is 19.8 Å². The van der Waals surface area contributed by atoms with Gasteiger partial charge in [-0.15, -0.1) is 0 Å². The Morgan fingerprint density at radius 1 is 0.710 bits per heavy atom. The summed E-state index contributed by atoms with van der Waals surface area (Å²) >= 11 is 0. The van der Waals surface area contributed by atoms with Gasteiger partial charge in [0.25, 0.3) is 0 Å². The molecule has 0 heterocycles. The lowest BCUT2D eigenvalue weighted by molar-refractivity contribution is -0.143. The van der Waals surface area contributed by atoms with Crippen LogP contribution in [0, 0.1) is 0 Å². The second kappa shape index (κ2) is 9.71. The molecule has 31 heavy (non-hydrogen) atoms. The molecule has 0 aliphatic rings. The Bertz CT molecular complexity index is 939. The lowest BCUT2D eigenvalue weighted by atomic mass is 9.68. The van der Waals surface area contributed by atoms with Gasteiger partial charge in [-0.1, -0.05) is 91.0 Å². The molecule has 0 aliphatic carbocycles. The van der Waals surface area contributed by atoms with Gasteiger partial charge in [0.2, 0.25) is 5.91 Å². The van der Waals surface area contributed by atoms with Crippen molar-refractivity contribution in [1.29, 1.82) is 0 Å². The largest absolute Gasteiger partial charge is 0.481 e. The van der Waals surface area contributed by atoms with Crippen molar-refractivity contribution in [3.05, 3.63) is 108 Å². The number of nitrogens with one attached hydrogen (secondary N) is 1. The maximum Gasteiger partial charge on any atom is 0.326 e. The highest BCUT2D eigenvalue weighted by molar-refractivity contribution is 5.98.